The van der Waals surface area contributed by atoms with Crippen LogP contribution in [0.4, 0.5) is 62.6 Å². The molecule has 0 saturated heterocycles. The third kappa shape index (κ3) is 14.0. The van der Waals surface area contributed by atoms with Gasteiger partial charge in [0.2, 0.25) is 0 Å². The summed E-state index contributed by atoms with van der Waals surface area (Å²) in [6, 6.07) is 48.4. The number of aryl methyl sites for hydroxylation is 5. The highest BCUT2D eigenvalue weighted by molar-refractivity contribution is 7.85. The van der Waals surface area contributed by atoms with Gasteiger partial charge in [-0.1, -0.05) is 43.3 Å². The molecule has 18 heteroatoms. The lowest BCUT2D eigenvalue weighted by atomic mass is 10.1. The van der Waals surface area contributed by atoms with E-state index in [4.69, 9.17) is 9.47 Å². The van der Waals surface area contributed by atoms with Crippen molar-refractivity contribution in [1.82, 2.24) is 0 Å². The summed E-state index contributed by atoms with van der Waals surface area (Å²) in [5, 5.41) is 57.1. The number of carbonyl (C=O) groups excluding carboxylic acids is 1. The fraction of sp³-hybridized carbons (Fsp3) is 0.177. The van der Waals surface area contributed by atoms with Crippen LogP contribution in [0.25, 0.3) is 21.5 Å². The van der Waals surface area contributed by atoms with Gasteiger partial charge in [-0.25, -0.2) is 0 Å². The van der Waals surface area contributed by atoms with Crippen LogP contribution in [-0.2, 0) is 10.1 Å². The number of para-hydroxylation sites is 1. The lowest BCUT2D eigenvalue weighted by molar-refractivity contribution is 0.102. The molecule has 404 valence electrons. The normalized spacial score (nSPS) is 11.9. The highest BCUT2D eigenvalue weighted by atomic mass is 32.2. The van der Waals surface area contributed by atoms with Gasteiger partial charge < -0.3 is 25.2 Å². The first kappa shape index (κ1) is 55.2. The molecular weight excluding hydrogens is 1030 g/mol. The number of phenolic OH excluding ortho intramolecular Hbond substituents is 1. The number of hydrogen-bond donors (Lipinski definition) is 4. The van der Waals surface area contributed by atoms with Gasteiger partial charge in [0, 0.05) is 39.5 Å². The maximum Gasteiger partial charge on any atom is 0.264 e. The molecule has 17 nitrogen and oxygen atoms in total. The highest BCUT2D eigenvalue weighted by Gasteiger charge is 2.15. The number of rotatable bonds is 20. The van der Waals surface area contributed by atoms with Gasteiger partial charge in [-0.3, -0.25) is 9.35 Å². The number of amides is 1. The molecule has 0 aliphatic rings. The van der Waals surface area contributed by atoms with E-state index in [9.17, 15) is 22.9 Å². The molecule has 9 aromatic carbocycles. The topological polar surface area (TPSA) is 233 Å². The Balaban J connectivity index is 0.866. The predicted molar refractivity (Wildman–Crippen MR) is 316 cm³/mol. The zero-order valence-corrected chi connectivity index (χ0v) is 45.8. The maximum absolute atomic E-state index is 13.2. The molecule has 80 heavy (non-hydrogen) atoms. The third-order valence-corrected chi connectivity index (χ3v) is 13.7. The van der Waals surface area contributed by atoms with Gasteiger partial charge in [0.05, 0.1) is 53.1 Å². The zero-order chi connectivity index (χ0) is 56.3. The first-order valence-corrected chi connectivity index (χ1v) is 27.4. The monoisotopic (exact) mass is 1090 g/mol. The molecule has 4 N–H and O–H groups in total. The standard InChI is InChI=1S/C62H58N10O7S/c1-7-27-78-59-16-11-13-44-35-49(22-24-50(44)59)64-62(74)43-17-20-47(21-18-43)65-67-57-37-60(79-28-12-29-80(75,76)77)58(34-42(57)6)72-71-56-33-40(4)55(32-41(56)5)70-69-54-31-38(2)53(30-39(54)3)68-66-52-26-19-45-36-48(23-25-51(45)61(52)73)63-46-14-9-8-10-15-46/h8-11,13-26,30-37,63,73H,7,12,27-29H2,1-6H3,(H,64,74)(H,75,76,77). The molecule has 0 aliphatic heterocycles. The molecule has 0 bridgehead atoms. The van der Waals surface area contributed by atoms with Crippen molar-refractivity contribution in [2.75, 3.05) is 29.6 Å². The van der Waals surface area contributed by atoms with Crippen LogP contribution in [0.15, 0.2) is 199 Å². The Hall–Kier alpha value is -9.52. The largest absolute Gasteiger partial charge is 0.505 e. The second kappa shape index (κ2) is 24.9. The number of nitrogens with zero attached hydrogens (tertiary/aromatic N) is 8. The molecule has 0 spiro atoms. The molecule has 0 aliphatic carbocycles. The number of aromatic hydroxyl groups is 1. The van der Waals surface area contributed by atoms with E-state index in [2.05, 4.69) is 58.5 Å². The molecule has 1 amide bonds. The molecule has 9 aromatic rings. The average molecular weight is 1090 g/mol. The molecule has 0 unspecified atom stereocenters. The van der Waals surface area contributed by atoms with Crippen molar-refractivity contribution in [2.45, 2.75) is 54.4 Å². The van der Waals surface area contributed by atoms with Crippen LogP contribution in [0.1, 0.15) is 57.9 Å². The molecule has 0 aromatic heterocycles. The summed E-state index contributed by atoms with van der Waals surface area (Å²) in [6.07, 6.45) is 0.920. The van der Waals surface area contributed by atoms with E-state index >= 15 is 0 Å². The van der Waals surface area contributed by atoms with Gasteiger partial charge in [0.15, 0.2) is 5.75 Å². The van der Waals surface area contributed by atoms with Crippen molar-refractivity contribution < 1.29 is 32.3 Å². The molecule has 0 saturated carbocycles. The number of fused-ring (bicyclic) bond motifs is 2. The Bertz CT molecular complexity index is 4020. The number of nitrogens with one attached hydrogen (secondary N) is 2. The van der Waals surface area contributed by atoms with Gasteiger partial charge in [0.25, 0.3) is 16.0 Å². The van der Waals surface area contributed by atoms with E-state index in [1.165, 1.54) is 0 Å². The second-order valence-corrected chi connectivity index (χ2v) is 20.7. The van der Waals surface area contributed by atoms with Crippen LogP contribution >= 0.6 is 0 Å². The predicted octanol–water partition coefficient (Wildman–Crippen LogP) is 18.3. The van der Waals surface area contributed by atoms with Gasteiger partial charge in [-0.15, -0.1) is 10.2 Å². The first-order valence-electron chi connectivity index (χ1n) is 25.8. The number of benzene rings is 9. The van der Waals surface area contributed by atoms with Crippen LogP contribution in [0, 0.1) is 34.6 Å². The van der Waals surface area contributed by atoms with Crippen molar-refractivity contribution in [2.24, 2.45) is 40.9 Å². The van der Waals surface area contributed by atoms with Crippen molar-refractivity contribution in [3.05, 3.63) is 191 Å². The molecule has 0 fully saturated rings. The van der Waals surface area contributed by atoms with Crippen LogP contribution in [0.2, 0.25) is 0 Å². The van der Waals surface area contributed by atoms with E-state index < -0.39 is 15.9 Å². The lowest BCUT2D eigenvalue weighted by Gasteiger charge is -2.11. The highest BCUT2D eigenvalue weighted by Crippen LogP contribution is 2.41. The minimum absolute atomic E-state index is 0.0197. The number of carbonyl (C=O) groups is 1. The Kier molecular flexibility index (Phi) is 17.2. The van der Waals surface area contributed by atoms with Crippen LogP contribution in [0.3, 0.4) is 0 Å². The number of anilines is 3. The number of hydrogen-bond acceptors (Lipinski definition) is 15. The summed E-state index contributed by atoms with van der Waals surface area (Å²) in [6.45, 7) is 12.1. The number of ether oxygens (including phenoxy) is 2. The van der Waals surface area contributed by atoms with Gasteiger partial charge >= 0.3 is 0 Å². The van der Waals surface area contributed by atoms with Crippen LogP contribution in [-0.4, -0.2) is 43.0 Å². The molecule has 0 heterocycles. The van der Waals surface area contributed by atoms with E-state index in [0.717, 1.165) is 62.0 Å². The minimum atomic E-state index is -4.20. The summed E-state index contributed by atoms with van der Waals surface area (Å²) < 4.78 is 44.2. The maximum atomic E-state index is 13.2. The molecule has 9 rings (SSSR count). The Morgan fingerprint density at radius 3 is 1.64 bits per heavy atom. The Morgan fingerprint density at radius 2 is 1.01 bits per heavy atom. The van der Waals surface area contributed by atoms with Crippen molar-refractivity contribution in [3.8, 4) is 17.2 Å². The van der Waals surface area contributed by atoms with E-state index in [0.29, 0.717) is 74.3 Å². The van der Waals surface area contributed by atoms with Gasteiger partial charge in [0.1, 0.15) is 22.9 Å². The smallest absolute Gasteiger partial charge is 0.264 e. The Morgan fingerprint density at radius 1 is 0.487 bits per heavy atom. The van der Waals surface area contributed by atoms with Crippen molar-refractivity contribution >= 4 is 100 Å². The lowest BCUT2D eigenvalue weighted by Crippen LogP contribution is -2.11. The van der Waals surface area contributed by atoms with Crippen LogP contribution in [0.5, 0.6) is 17.2 Å². The van der Waals surface area contributed by atoms with Crippen molar-refractivity contribution in [3.63, 3.8) is 0 Å². The summed E-state index contributed by atoms with van der Waals surface area (Å²) in [7, 11) is -4.20. The van der Waals surface area contributed by atoms with Crippen molar-refractivity contribution in [1.29, 1.82) is 0 Å². The molecule has 0 radical (unpaired) electrons. The Labute approximate surface area is 463 Å². The fourth-order valence-corrected chi connectivity index (χ4v) is 9.01. The zero-order valence-electron chi connectivity index (χ0n) is 45.0. The summed E-state index contributed by atoms with van der Waals surface area (Å²) in [5.74, 6) is 0.343. The van der Waals surface area contributed by atoms with Crippen LogP contribution < -0.4 is 20.1 Å². The second-order valence-electron chi connectivity index (χ2n) is 19.1. The summed E-state index contributed by atoms with van der Waals surface area (Å²) in [5.41, 5.74) is 11.0. The summed E-state index contributed by atoms with van der Waals surface area (Å²) in [4.78, 5) is 13.2. The first-order chi connectivity index (χ1) is 38.6. The van der Waals surface area contributed by atoms with Gasteiger partial charge in [-0.05, 0) is 201 Å². The summed E-state index contributed by atoms with van der Waals surface area (Å²) >= 11 is 0. The van der Waals surface area contributed by atoms with E-state index in [-0.39, 0.29) is 30.4 Å². The van der Waals surface area contributed by atoms with Gasteiger partial charge in [-0.2, -0.15) is 39.1 Å². The molecule has 0 atom stereocenters. The van der Waals surface area contributed by atoms with E-state index in [1.54, 1.807) is 42.5 Å². The average Bonchev–Trinajstić information content (AvgIpc) is 3.48. The third-order valence-electron chi connectivity index (χ3n) is 12.9. The molecular formula is C62H58N10O7S. The quantitative estimate of drug-likeness (QED) is 0.0325. The fourth-order valence-electron chi connectivity index (χ4n) is 8.53. The number of phenols is 1. The minimum Gasteiger partial charge on any atom is -0.505 e. The number of azo groups is 4. The van der Waals surface area contributed by atoms with E-state index in [1.807, 2.05) is 150 Å². The SMILES string of the molecule is CCCOc1cccc2cc(NC(=O)c3ccc(N=Nc4cc(OCCCS(=O)(=O)O)c(N=Nc5cc(C)c(N=Nc6cc(C)c(N=Nc7ccc8cc(Nc9ccccc9)ccc8c7O)cc6C)cc5C)cc4C)cc3)ccc12.